The molecule has 0 saturated carbocycles. The van der Waals surface area contributed by atoms with Gasteiger partial charge in [0.1, 0.15) is 52.6 Å². The zero-order chi connectivity index (χ0) is 64.1. The number of esters is 3. The van der Waals surface area contributed by atoms with Crippen molar-refractivity contribution in [2.75, 3.05) is 6.61 Å². The first-order valence-corrected chi connectivity index (χ1v) is 28.6. The molecule has 0 radical (unpaired) electrons. The van der Waals surface area contributed by atoms with Crippen molar-refractivity contribution in [3.05, 3.63) is 108 Å². The van der Waals surface area contributed by atoms with Gasteiger partial charge in [-0.05, 0) is 131 Å². The normalized spacial score (nSPS) is 14.2. The molecule has 3 rings (SSSR count). The van der Waals surface area contributed by atoms with E-state index in [9.17, 15) is 43.5 Å². The Bertz CT molecular complexity index is 2630. The molecular formula is C63H91N7O15. The first-order valence-electron chi connectivity index (χ1n) is 28.6. The van der Waals surface area contributed by atoms with Crippen LogP contribution >= 0.6 is 0 Å². The van der Waals surface area contributed by atoms with E-state index in [1.165, 1.54) is 0 Å². The third-order valence-electron chi connectivity index (χ3n) is 12.4. The lowest BCUT2D eigenvalue weighted by molar-refractivity contribution is -0.156. The maximum Gasteiger partial charge on any atom is 0.326 e. The number of nitrogens with two attached hydrogens (primary N) is 1. The Morgan fingerprint density at radius 1 is 0.447 bits per heavy atom. The molecule has 0 aromatic heterocycles. The average Bonchev–Trinajstić information content (AvgIpc) is 1.00. The van der Waals surface area contributed by atoms with Gasteiger partial charge in [-0.15, -0.1) is 0 Å². The van der Waals surface area contributed by atoms with Crippen LogP contribution in [0.3, 0.4) is 0 Å². The number of carbonyl (C=O) groups is 10. The third-order valence-corrected chi connectivity index (χ3v) is 12.4. The number of aliphatic carboxylic acids is 1. The minimum atomic E-state index is -1.88. The van der Waals surface area contributed by atoms with E-state index in [0.29, 0.717) is 16.7 Å². The molecule has 85 heavy (non-hydrogen) atoms. The lowest BCUT2D eigenvalue weighted by atomic mass is 9.77. The van der Waals surface area contributed by atoms with Crippen molar-refractivity contribution in [2.24, 2.45) is 11.7 Å². The summed E-state index contributed by atoms with van der Waals surface area (Å²) in [4.78, 5) is 138. The molecule has 0 aliphatic heterocycles. The fourth-order valence-electron chi connectivity index (χ4n) is 8.66. The molecule has 9 N–H and O–H groups in total. The van der Waals surface area contributed by atoms with Crippen molar-refractivity contribution < 1.29 is 72.0 Å². The Balaban J connectivity index is 2.20. The highest BCUT2D eigenvalue weighted by Crippen LogP contribution is 2.37. The zero-order valence-corrected chi connectivity index (χ0v) is 51.8. The smallest absolute Gasteiger partial charge is 0.326 e. The molecule has 0 heterocycles. The molecule has 0 aliphatic carbocycles. The Morgan fingerprint density at radius 3 is 1.19 bits per heavy atom. The van der Waals surface area contributed by atoms with Crippen LogP contribution in [0.25, 0.3) is 0 Å². The number of ether oxygens (including phenoxy) is 4. The largest absolute Gasteiger partial charge is 0.480 e. The van der Waals surface area contributed by atoms with Gasteiger partial charge in [0, 0.05) is 19.3 Å². The SMILES string of the molecule is CC(C)C[C@H](NC(=O)[C@H](CCC(=O)OC(C)(C)C)NC(=O)[C@H](CC(=O)NC(c1ccccc1)(c1ccccc1)c1ccccc1)NC(=O)[C@H](COC(C)(C)C)NC(=O)[C@@H](N)CCC(=O)OC(C)(C)C)C(=O)N[C@@H](CCC(=O)OC(C)(C)C)C(=O)O. The van der Waals surface area contributed by atoms with Crippen LogP contribution in [-0.2, 0) is 72.4 Å². The van der Waals surface area contributed by atoms with Gasteiger partial charge in [0.2, 0.25) is 35.4 Å². The number of nitrogens with one attached hydrogen (secondary N) is 6. The monoisotopic (exact) mass is 1190 g/mol. The number of benzene rings is 3. The summed E-state index contributed by atoms with van der Waals surface area (Å²) >= 11 is 0. The Kier molecular flexibility index (Phi) is 26.9. The second kappa shape index (κ2) is 32.0. The van der Waals surface area contributed by atoms with Crippen molar-refractivity contribution in [1.29, 1.82) is 0 Å². The maximum absolute atomic E-state index is 15.2. The Hall–Kier alpha value is -7.72. The quantitative estimate of drug-likeness (QED) is 0.0230. The Labute approximate surface area is 499 Å². The summed E-state index contributed by atoms with van der Waals surface area (Å²) < 4.78 is 22.2. The lowest BCUT2D eigenvalue weighted by Crippen LogP contribution is -2.61. The van der Waals surface area contributed by atoms with Crippen molar-refractivity contribution >= 4 is 59.3 Å². The lowest BCUT2D eigenvalue weighted by Gasteiger charge is -2.37. The number of carboxylic acid groups (broad SMARTS) is 1. The van der Waals surface area contributed by atoms with Crippen molar-refractivity contribution in [3.63, 3.8) is 0 Å². The summed E-state index contributed by atoms with van der Waals surface area (Å²) in [5.74, 6) is -9.62. The second-order valence-corrected chi connectivity index (χ2v) is 25.3. The van der Waals surface area contributed by atoms with E-state index in [2.05, 4.69) is 31.9 Å². The zero-order valence-electron chi connectivity index (χ0n) is 51.8. The van der Waals surface area contributed by atoms with Crippen molar-refractivity contribution in [1.82, 2.24) is 31.9 Å². The topological polar surface area (TPSA) is 326 Å². The summed E-state index contributed by atoms with van der Waals surface area (Å²) in [6.07, 6.45) is -2.93. The van der Waals surface area contributed by atoms with Gasteiger partial charge < -0.3 is 61.7 Å². The molecule has 0 saturated heterocycles. The Morgan fingerprint density at radius 2 is 0.788 bits per heavy atom. The number of rotatable bonds is 30. The molecule has 0 unspecified atom stereocenters. The molecule has 0 spiro atoms. The molecule has 22 nitrogen and oxygen atoms in total. The van der Waals surface area contributed by atoms with E-state index in [1.54, 1.807) is 133 Å². The number of amides is 6. The molecule has 6 atom stereocenters. The maximum atomic E-state index is 15.2. The first kappa shape index (κ1) is 71.5. The standard InChI is InChI=1S/C63H91N7O15/c1-39(2)36-46(55(77)66-45(58(80)81)32-35-52(74)85-62(12,13)14)67-54(76)44(31-34-51(73)84-61(9,10)11)65-56(78)47(68-57(79)48(38-82-59(3,4)5)69-53(75)43(64)30-33-50(72)83-60(6,7)8)37-49(71)70-63(40-24-18-15-19-25-40,41-26-20-16-21-27-41)42-28-22-17-23-29-42/h15-29,39,43-48H,30-38,64H2,1-14H3,(H,65,78)(H,66,77)(H,67,76)(H,68,79)(H,69,75)(H,70,71)(H,80,81)/t43-,44-,45-,46-,47-,48-/m0/s1. The van der Waals surface area contributed by atoms with Crippen LogP contribution in [0.2, 0.25) is 0 Å². The fourth-order valence-corrected chi connectivity index (χ4v) is 8.66. The molecule has 3 aromatic carbocycles. The van der Waals surface area contributed by atoms with Gasteiger partial charge in [-0.3, -0.25) is 43.2 Å². The summed E-state index contributed by atoms with van der Waals surface area (Å²) in [6.45, 7) is 23.0. The van der Waals surface area contributed by atoms with Crippen LogP contribution in [0.5, 0.6) is 0 Å². The van der Waals surface area contributed by atoms with Crippen LogP contribution in [0, 0.1) is 5.92 Å². The summed E-state index contributed by atoms with van der Waals surface area (Å²) in [5.41, 5.74) is 3.16. The van der Waals surface area contributed by atoms with Gasteiger partial charge in [0.15, 0.2) is 0 Å². The third kappa shape index (κ3) is 26.0. The molecular weight excluding hydrogens is 1090 g/mol. The van der Waals surface area contributed by atoms with Gasteiger partial charge >= 0.3 is 23.9 Å². The van der Waals surface area contributed by atoms with Gasteiger partial charge in [-0.1, -0.05) is 105 Å². The van der Waals surface area contributed by atoms with E-state index < -0.39 is 149 Å². The predicted octanol–water partition coefficient (Wildman–Crippen LogP) is 5.55. The summed E-state index contributed by atoms with van der Waals surface area (Å²) in [7, 11) is 0. The van der Waals surface area contributed by atoms with Gasteiger partial charge in [0.05, 0.1) is 24.7 Å². The molecule has 0 aliphatic rings. The van der Waals surface area contributed by atoms with E-state index >= 15 is 9.59 Å². The van der Waals surface area contributed by atoms with Gasteiger partial charge in [0.25, 0.3) is 0 Å². The highest BCUT2D eigenvalue weighted by molar-refractivity contribution is 5.98. The summed E-state index contributed by atoms with van der Waals surface area (Å²) in [5, 5.41) is 26.0. The van der Waals surface area contributed by atoms with E-state index in [0.717, 1.165) is 0 Å². The number of hydrogen-bond donors (Lipinski definition) is 8. The highest BCUT2D eigenvalue weighted by Gasteiger charge is 2.41. The first-order chi connectivity index (χ1) is 39.4. The minimum absolute atomic E-state index is 0.0536. The van der Waals surface area contributed by atoms with Crippen LogP contribution in [0.4, 0.5) is 0 Å². The van der Waals surface area contributed by atoms with Crippen molar-refractivity contribution in [2.45, 2.75) is 212 Å². The van der Waals surface area contributed by atoms with Gasteiger partial charge in [-0.25, -0.2) is 4.79 Å². The summed E-state index contributed by atoms with van der Waals surface area (Å²) in [6, 6.07) is 17.6. The number of hydrogen-bond acceptors (Lipinski definition) is 15. The van der Waals surface area contributed by atoms with Crippen LogP contribution < -0.4 is 37.6 Å². The van der Waals surface area contributed by atoms with Crippen LogP contribution in [0.1, 0.15) is 165 Å². The molecule has 22 heteroatoms. The van der Waals surface area contributed by atoms with Crippen molar-refractivity contribution in [3.8, 4) is 0 Å². The molecule has 468 valence electrons. The van der Waals surface area contributed by atoms with E-state index in [-0.39, 0.29) is 38.0 Å². The average molecular weight is 1190 g/mol. The molecule has 3 aromatic rings. The predicted molar refractivity (Wildman–Crippen MR) is 318 cm³/mol. The van der Waals surface area contributed by atoms with Crippen LogP contribution in [-0.4, -0.2) is 130 Å². The molecule has 0 fully saturated rings. The van der Waals surface area contributed by atoms with Crippen LogP contribution in [0.15, 0.2) is 91.0 Å². The fraction of sp³-hybridized carbons (Fsp3) is 0.556. The van der Waals surface area contributed by atoms with Gasteiger partial charge in [-0.2, -0.15) is 0 Å². The van der Waals surface area contributed by atoms with E-state index in [4.69, 9.17) is 24.7 Å². The highest BCUT2D eigenvalue weighted by atomic mass is 16.6. The second-order valence-electron chi connectivity index (χ2n) is 25.3. The molecule has 0 bridgehead atoms. The molecule has 6 amide bonds. The number of carbonyl (C=O) groups excluding carboxylic acids is 9. The minimum Gasteiger partial charge on any atom is -0.480 e. The van der Waals surface area contributed by atoms with E-state index in [1.807, 2.05) is 54.6 Å². The number of carboxylic acids is 1.